The second-order valence-electron chi connectivity index (χ2n) is 3.93. The number of anilines is 1. The maximum atomic E-state index is 13.3. The number of methoxy groups -OCH3 is 1. The lowest BCUT2D eigenvalue weighted by Crippen LogP contribution is -2.12. The molecule has 2 aromatic carbocycles. The van der Waals surface area contributed by atoms with Crippen LogP contribution in [0.4, 0.5) is 10.1 Å². The second kappa shape index (κ2) is 6.24. The molecular formula is C14H10BrClFNO2. The fourth-order valence-corrected chi connectivity index (χ4v) is 2.17. The summed E-state index contributed by atoms with van der Waals surface area (Å²) in [5.41, 5.74) is 0.744. The van der Waals surface area contributed by atoms with Crippen LogP contribution in [-0.2, 0) is 0 Å². The molecule has 0 aliphatic rings. The number of hydrogen-bond acceptors (Lipinski definition) is 2. The molecule has 0 heterocycles. The van der Waals surface area contributed by atoms with E-state index >= 15 is 0 Å². The van der Waals surface area contributed by atoms with Gasteiger partial charge in [0.15, 0.2) is 11.6 Å². The first-order chi connectivity index (χ1) is 9.51. The van der Waals surface area contributed by atoms with Crippen LogP contribution in [0.15, 0.2) is 40.9 Å². The Morgan fingerprint density at radius 1 is 1.30 bits per heavy atom. The van der Waals surface area contributed by atoms with E-state index in [0.29, 0.717) is 16.3 Å². The van der Waals surface area contributed by atoms with Crippen molar-refractivity contribution >= 4 is 39.1 Å². The molecule has 1 amide bonds. The number of rotatable bonds is 3. The van der Waals surface area contributed by atoms with E-state index in [-0.39, 0.29) is 11.7 Å². The molecule has 104 valence electrons. The third kappa shape index (κ3) is 3.29. The Morgan fingerprint density at radius 3 is 2.75 bits per heavy atom. The summed E-state index contributed by atoms with van der Waals surface area (Å²) < 4.78 is 18.9. The average Bonchev–Trinajstić information content (AvgIpc) is 2.43. The van der Waals surface area contributed by atoms with Gasteiger partial charge in [0, 0.05) is 16.2 Å². The number of carbonyl (C=O) groups is 1. The summed E-state index contributed by atoms with van der Waals surface area (Å²) in [7, 11) is 1.36. The Kier molecular flexibility index (Phi) is 4.62. The van der Waals surface area contributed by atoms with Gasteiger partial charge in [0.25, 0.3) is 5.91 Å². The van der Waals surface area contributed by atoms with Gasteiger partial charge < -0.3 is 10.1 Å². The van der Waals surface area contributed by atoms with Crippen LogP contribution in [-0.4, -0.2) is 13.0 Å². The van der Waals surface area contributed by atoms with Crippen LogP contribution in [0, 0.1) is 5.82 Å². The van der Waals surface area contributed by atoms with Gasteiger partial charge in [0.2, 0.25) is 0 Å². The Labute approximate surface area is 128 Å². The van der Waals surface area contributed by atoms with E-state index in [1.165, 1.54) is 25.3 Å². The average molecular weight is 359 g/mol. The molecule has 0 atom stereocenters. The third-order valence-corrected chi connectivity index (χ3v) is 3.40. The highest BCUT2D eigenvalue weighted by molar-refractivity contribution is 9.10. The van der Waals surface area contributed by atoms with Crippen LogP contribution >= 0.6 is 27.5 Å². The lowest BCUT2D eigenvalue weighted by molar-refractivity contribution is 0.102. The topological polar surface area (TPSA) is 38.3 Å². The predicted octanol–water partition coefficient (Wildman–Crippen LogP) is 4.50. The minimum absolute atomic E-state index is 0.0585. The fourth-order valence-electron chi connectivity index (χ4n) is 1.61. The summed E-state index contributed by atoms with van der Waals surface area (Å²) in [6.45, 7) is 0. The van der Waals surface area contributed by atoms with Gasteiger partial charge in [0.05, 0.1) is 17.7 Å². The maximum absolute atomic E-state index is 13.3. The van der Waals surface area contributed by atoms with E-state index in [1.807, 2.05) is 0 Å². The number of nitrogens with one attached hydrogen (secondary N) is 1. The Balaban J connectivity index is 2.25. The molecule has 2 aromatic rings. The molecule has 0 saturated heterocycles. The van der Waals surface area contributed by atoms with Crippen LogP contribution in [0.5, 0.6) is 5.75 Å². The van der Waals surface area contributed by atoms with Crippen LogP contribution in [0.1, 0.15) is 10.4 Å². The quantitative estimate of drug-likeness (QED) is 0.877. The van der Waals surface area contributed by atoms with Crippen LogP contribution < -0.4 is 10.1 Å². The fraction of sp³-hybridized carbons (Fsp3) is 0.0714. The standard InChI is InChI=1S/C14H10BrClFNO2/c1-20-13-7-9(3-5-12(13)17)18-14(19)10-6-8(15)2-4-11(10)16/h2-7H,1H3,(H,18,19). The zero-order valence-corrected chi connectivity index (χ0v) is 12.8. The van der Waals surface area contributed by atoms with E-state index in [2.05, 4.69) is 21.2 Å². The number of benzene rings is 2. The van der Waals surface area contributed by atoms with Crippen LogP contribution in [0.2, 0.25) is 5.02 Å². The van der Waals surface area contributed by atoms with Crippen molar-refractivity contribution in [3.63, 3.8) is 0 Å². The van der Waals surface area contributed by atoms with E-state index < -0.39 is 5.82 Å². The largest absolute Gasteiger partial charge is 0.494 e. The smallest absolute Gasteiger partial charge is 0.257 e. The molecule has 0 aliphatic carbocycles. The van der Waals surface area contributed by atoms with E-state index in [9.17, 15) is 9.18 Å². The van der Waals surface area contributed by atoms with Gasteiger partial charge >= 0.3 is 0 Å². The monoisotopic (exact) mass is 357 g/mol. The molecule has 0 aromatic heterocycles. The van der Waals surface area contributed by atoms with Crippen molar-refractivity contribution in [1.82, 2.24) is 0 Å². The minimum Gasteiger partial charge on any atom is -0.494 e. The molecule has 0 fully saturated rings. The Hall–Kier alpha value is -1.59. The summed E-state index contributed by atoms with van der Waals surface area (Å²) in [5.74, 6) is -0.820. The van der Waals surface area contributed by atoms with Crippen molar-refractivity contribution in [2.75, 3.05) is 12.4 Å². The number of carbonyl (C=O) groups excluding carboxylic acids is 1. The zero-order valence-electron chi connectivity index (χ0n) is 10.4. The number of amides is 1. The van der Waals surface area contributed by atoms with Crippen molar-refractivity contribution in [2.24, 2.45) is 0 Å². The summed E-state index contributed by atoms with van der Waals surface area (Å²) in [6.07, 6.45) is 0. The lowest BCUT2D eigenvalue weighted by atomic mass is 10.2. The second-order valence-corrected chi connectivity index (χ2v) is 5.25. The van der Waals surface area contributed by atoms with Crippen molar-refractivity contribution in [1.29, 1.82) is 0 Å². The molecule has 0 unspecified atom stereocenters. The van der Waals surface area contributed by atoms with Crippen LogP contribution in [0.25, 0.3) is 0 Å². The van der Waals surface area contributed by atoms with E-state index in [1.54, 1.807) is 18.2 Å². The number of halogens is 3. The molecule has 0 radical (unpaired) electrons. The molecule has 1 N–H and O–H groups in total. The molecule has 6 heteroatoms. The highest BCUT2D eigenvalue weighted by atomic mass is 79.9. The highest BCUT2D eigenvalue weighted by Crippen LogP contribution is 2.24. The van der Waals surface area contributed by atoms with Crippen molar-refractivity contribution in [3.8, 4) is 5.75 Å². The first-order valence-corrected chi connectivity index (χ1v) is 6.78. The van der Waals surface area contributed by atoms with Gasteiger partial charge in [0.1, 0.15) is 0 Å². The predicted molar refractivity (Wildman–Crippen MR) is 80.1 cm³/mol. The SMILES string of the molecule is COc1cc(NC(=O)c2cc(Br)ccc2Cl)ccc1F. The minimum atomic E-state index is -0.494. The van der Waals surface area contributed by atoms with Crippen LogP contribution in [0.3, 0.4) is 0 Å². The van der Waals surface area contributed by atoms with Gasteiger partial charge in [-0.2, -0.15) is 0 Å². The molecule has 0 aliphatic heterocycles. The van der Waals surface area contributed by atoms with Crippen molar-refractivity contribution in [3.05, 3.63) is 57.3 Å². The Bertz CT molecular complexity index is 664. The Morgan fingerprint density at radius 2 is 2.05 bits per heavy atom. The molecule has 0 bridgehead atoms. The summed E-state index contributed by atoms with van der Waals surface area (Å²) >= 11 is 9.25. The van der Waals surface area contributed by atoms with Gasteiger partial charge in [-0.3, -0.25) is 4.79 Å². The van der Waals surface area contributed by atoms with Gasteiger partial charge in [-0.1, -0.05) is 27.5 Å². The maximum Gasteiger partial charge on any atom is 0.257 e. The highest BCUT2D eigenvalue weighted by Gasteiger charge is 2.12. The molecule has 3 nitrogen and oxygen atoms in total. The molecule has 0 saturated carbocycles. The van der Waals surface area contributed by atoms with E-state index in [0.717, 1.165) is 4.47 Å². The molecule has 2 rings (SSSR count). The van der Waals surface area contributed by atoms with E-state index in [4.69, 9.17) is 16.3 Å². The van der Waals surface area contributed by atoms with Gasteiger partial charge in [-0.05, 0) is 30.3 Å². The summed E-state index contributed by atoms with van der Waals surface area (Å²) in [5, 5.41) is 2.97. The summed E-state index contributed by atoms with van der Waals surface area (Å²) in [6, 6.07) is 9.03. The first kappa shape index (κ1) is 14.8. The first-order valence-electron chi connectivity index (χ1n) is 5.61. The number of hydrogen-bond donors (Lipinski definition) is 1. The normalized spacial score (nSPS) is 10.2. The van der Waals surface area contributed by atoms with Crippen molar-refractivity contribution < 1.29 is 13.9 Å². The third-order valence-electron chi connectivity index (χ3n) is 2.58. The molecular weight excluding hydrogens is 349 g/mol. The molecule has 0 spiro atoms. The lowest BCUT2D eigenvalue weighted by Gasteiger charge is -2.09. The zero-order chi connectivity index (χ0) is 14.7. The number of ether oxygens (including phenoxy) is 1. The van der Waals surface area contributed by atoms with Gasteiger partial charge in [-0.25, -0.2) is 4.39 Å². The van der Waals surface area contributed by atoms with Gasteiger partial charge in [-0.15, -0.1) is 0 Å². The molecule has 20 heavy (non-hydrogen) atoms. The van der Waals surface area contributed by atoms with Crippen molar-refractivity contribution in [2.45, 2.75) is 0 Å². The summed E-state index contributed by atoms with van der Waals surface area (Å²) in [4.78, 5) is 12.1.